The van der Waals surface area contributed by atoms with Crippen molar-refractivity contribution in [2.45, 2.75) is 30.0 Å². The molecule has 1 N–H and O–H groups in total. The number of aryl methyl sites for hydroxylation is 2. The van der Waals surface area contributed by atoms with Gasteiger partial charge in [-0.1, -0.05) is 83.3 Å². The summed E-state index contributed by atoms with van der Waals surface area (Å²) >= 11 is 2.59. The predicted octanol–water partition coefficient (Wildman–Crippen LogP) is 6.21. The largest absolute Gasteiger partial charge is 0.507 e. The highest BCUT2D eigenvalue weighted by molar-refractivity contribution is 8.00. The molecule has 4 aromatic rings. The van der Waals surface area contributed by atoms with Gasteiger partial charge in [0, 0.05) is 11.3 Å². The average Bonchev–Trinajstić information content (AvgIpc) is 3.47. The number of anilines is 1. The molecule has 186 valence electrons. The second-order valence-electron chi connectivity index (χ2n) is 8.66. The number of carbonyl (C=O) groups is 2. The zero-order valence-corrected chi connectivity index (χ0v) is 21.6. The van der Waals surface area contributed by atoms with E-state index in [4.69, 9.17) is 0 Å². The fourth-order valence-corrected chi connectivity index (χ4v) is 6.02. The van der Waals surface area contributed by atoms with Gasteiger partial charge in [-0.3, -0.25) is 14.5 Å². The highest BCUT2D eigenvalue weighted by Crippen LogP contribution is 2.44. The minimum absolute atomic E-state index is 0.0145. The zero-order chi connectivity index (χ0) is 26.1. The van der Waals surface area contributed by atoms with Crippen molar-refractivity contribution < 1.29 is 19.1 Å². The van der Waals surface area contributed by atoms with Gasteiger partial charge in [0.05, 0.1) is 11.6 Å². The molecule has 0 spiro atoms. The maximum Gasteiger partial charge on any atom is 0.301 e. The summed E-state index contributed by atoms with van der Waals surface area (Å²) in [5.74, 6) is -1.52. The first-order valence-corrected chi connectivity index (χ1v) is 13.3. The molecule has 1 aromatic heterocycles. The number of rotatable bonds is 6. The topological polar surface area (TPSA) is 83.4 Å². The number of thioether (sulfide) groups is 1. The Labute approximate surface area is 221 Å². The maximum absolute atomic E-state index is 13.3. The van der Waals surface area contributed by atoms with Gasteiger partial charge in [-0.05, 0) is 48.7 Å². The van der Waals surface area contributed by atoms with Crippen LogP contribution in [0.15, 0.2) is 82.7 Å². The molecule has 1 amide bonds. The number of carbonyl (C=O) groups excluding carboxylic acids is 2. The quantitative estimate of drug-likeness (QED) is 0.105. The molecule has 1 atom stereocenters. The fourth-order valence-electron chi connectivity index (χ4n) is 4.20. The summed E-state index contributed by atoms with van der Waals surface area (Å²) in [4.78, 5) is 28.0. The number of halogens is 1. The molecule has 2 heterocycles. The molecule has 3 aromatic carbocycles. The number of Topliss-reactive ketones (excluding diaryl/α,β-unsaturated/α-hetero) is 1. The number of hydrogen-bond acceptors (Lipinski definition) is 7. The Morgan fingerprint density at radius 2 is 1.76 bits per heavy atom. The van der Waals surface area contributed by atoms with E-state index < -0.39 is 17.7 Å². The summed E-state index contributed by atoms with van der Waals surface area (Å²) in [6.07, 6.45) is 0. The Morgan fingerprint density at radius 1 is 1.03 bits per heavy atom. The van der Waals surface area contributed by atoms with E-state index in [1.54, 1.807) is 18.2 Å². The standard InChI is InChI=1S/C28H22FN3O3S2/c1-16-8-9-17(2)21(14-16)24(33)22-23(19-6-4-3-5-7-19)32(26(35)25(22)34)27-30-31-28(37-27)36-15-18-10-12-20(29)13-11-18/h3-14,23,33H,15H2,1-2H3/b24-22+. The molecule has 9 heteroatoms. The van der Waals surface area contributed by atoms with Crippen LogP contribution in [0.4, 0.5) is 9.52 Å². The number of amides is 1. The Morgan fingerprint density at radius 3 is 2.49 bits per heavy atom. The average molecular weight is 532 g/mol. The number of benzene rings is 3. The van der Waals surface area contributed by atoms with Crippen molar-refractivity contribution in [2.24, 2.45) is 0 Å². The van der Waals surface area contributed by atoms with Gasteiger partial charge >= 0.3 is 5.91 Å². The van der Waals surface area contributed by atoms with Crippen LogP contribution in [-0.4, -0.2) is 27.0 Å². The molecule has 6 nitrogen and oxygen atoms in total. The molecule has 1 saturated heterocycles. The Kier molecular flexibility index (Phi) is 6.90. The molecule has 0 radical (unpaired) electrons. The van der Waals surface area contributed by atoms with Crippen LogP contribution in [0.2, 0.25) is 0 Å². The number of nitrogens with zero attached hydrogens (tertiary/aromatic N) is 3. The third-order valence-corrected chi connectivity index (χ3v) is 8.21. The molecular formula is C28H22FN3O3S2. The lowest BCUT2D eigenvalue weighted by atomic mass is 9.93. The van der Waals surface area contributed by atoms with Crippen molar-refractivity contribution in [3.05, 3.63) is 112 Å². The van der Waals surface area contributed by atoms with Gasteiger partial charge in [-0.2, -0.15) is 0 Å². The highest BCUT2D eigenvalue weighted by Gasteiger charge is 2.48. The first-order valence-electron chi connectivity index (χ1n) is 11.5. The molecule has 1 aliphatic rings. The van der Waals surface area contributed by atoms with Gasteiger partial charge in [-0.25, -0.2) is 4.39 Å². The normalized spacial score (nSPS) is 16.9. The van der Waals surface area contributed by atoms with Crippen LogP contribution in [0.5, 0.6) is 0 Å². The maximum atomic E-state index is 13.3. The number of aliphatic hydroxyl groups is 1. The molecule has 1 fully saturated rings. The van der Waals surface area contributed by atoms with E-state index in [1.807, 2.05) is 56.3 Å². The SMILES string of the molecule is Cc1ccc(C)c(/C(O)=C2\C(=O)C(=O)N(c3nnc(SCc4ccc(F)cc4)s3)C2c2ccccc2)c1. The minimum Gasteiger partial charge on any atom is -0.507 e. The van der Waals surface area contributed by atoms with Crippen molar-refractivity contribution in [1.82, 2.24) is 10.2 Å². The van der Waals surface area contributed by atoms with Crippen LogP contribution >= 0.6 is 23.1 Å². The van der Waals surface area contributed by atoms with E-state index in [2.05, 4.69) is 10.2 Å². The smallest absolute Gasteiger partial charge is 0.301 e. The van der Waals surface area contributed by atoms with E-state index in [-0.39, 0.29) is 22.3 Å². The van der Waals surface area contributed by atoms with E-state index in [1.165, 1.54) is 40.1 Å². The molecule has 0 saturated carbocycles. The van der Waals surface area contributed by atoms with E-state index in [0.717, 1.165) is 16.7 Å². The van der Waals surface area contributed by atoms with Crippen LogP contribution in [0.25, 0.3) is 5.76 Å². The van der Waals surface area contributed by atoms with E-state index >= 15 is 0 Å². The summed E-state index contributed by atoms with van der Waals surface area (Å²) < 4.78 is 13.8. The minimum atomic E-state index is -0.857. The van der Waals surface area contributed by atoms with Crippen molar-refractivity contribution in [3.8, 4) is 0 Å². The summed E-state index contributed by atoms with van der Waals surface area (Å²) in [5.41, 5.74) is 3.82. The predicted molar refractivity (Wildman–Crippen MR) is 143 cm³/mol. The first-order chi connectivity index (χ1) is 17.8. The van der Waals surface area contributed by atoms with E-state index in [0.29, 0.717) is 21.2 Å². The number of ketones is 1. The molecule has 0 bridgehead atoms. The van der Waals surface area contributed by atoms with Crippen molar-refractivity contribution in [1.29, 1.82) is 0 Å². The van der Waals surface area contributed by atoms with Crippen molar-refractivity contribution >= 4 is 45.7 Å². The lowest BCUT2D eigenvalue weighted by Crippen LogP contribution is -2.29. The van der Waals surface area contributed by atoms with Crippen LogP contribution < -0.4 is 4.90 Å². The van der Waals surface area contributed by atoms with Gasteiger partial charge in [0.25, 0.3) is 5.78 Å². The second kappa shape index (κ2) is 10.3. The molecular weight excluding hydrogens is 509 g/mol. The number of hydrogen-bond donors (Lipinski definition) is 1. The monoisotopic (exact) mass is 531 g/mol. The Balaban J connectivity index is 1.54. The highest BCUT2D eigenvalue weighted by atomic mass is 32.2. The van der Waals surface area contributed by atoms with Crippen molar-refractivity contribution in [3.63, 3.8) is 0 Å². The zero-order valence-electron chi connectivity index (χ0n) is 20.0. The number of aliphatic hydroxyl groups excluding tert-OH is 1. The van der Waals surface area contributed by atoms with Gasteiger partial charge in [0.2, 0.25) is 5.13 Å². The van der Waals surface area contributed by atoms with Crippen LogP contribution in [0, 0.1) is 19.7 Å². The van der Waals surface area contributed by atoms with Crippen LogP contribution in [-0.2, 0) is 15.3 Å². The summed E-state index contributed by atoms with van der Waals surface area (Å²) in [6.45, 7) is 3.74. The van der Waals surface area contributed by atoms with Crippen LogP contribution in [0.1, 0.15) is 33.9 Å². The van der Waals surface area contributed by atoms with Gasteiger partial charge in [-0.15, -0.1) is 10.2 Å². The number of aromatic nitrogens is 2. The Bertz CT molecular complexity index is 1520. The molecule has 1 unspecified atom stereocenters. The third-order valence-electron chi connectivity index (χ3n) is 6.09. The first kappa shape index (κ1) is 24.9. The van der Waals surface area contributed by atoms with Crippen LogP contribution in [0.3, 0.4) is 0 Å². The molecule has 0 aliphatic carbocycles. The molecule has 37 heavy (non-hydrogen) atoms. The fraction of sp³-hybridized carbons (Fsp3) is 0.143. The molecule has 5 rings (SSSR count). The van der Waals surface area contributed by atoms with Crippen molar-refractivity contribution in [2.75, 3.05) is 4.90 Å². The molecule has 1 aliphatic heterocycles. The van der Waals surface area contributed by atoms with E-state index in [9.17, 15) is 19.1 Å². The lowest BCUT2D eigenvalue weighted by Gasteiger charge is -2.22. The third kappa shape index (κ3) is 4.92. The van der Waals surface area contributed by atoms with Gasteiger partial charge < -0.3 is 5.11 Å². The Hall–Kier alpha value is -3.82. The summed E-state index contributed by atoms with van der Waals surface area (Å²) in [7, 11) is 0. The second-order valence-corrected chi connectivity index (χ2v) is 10.8. The van der Waals surface area contributed by atoms with Gasteiger partial charge in [0.1, 0.15) is 11.6 Å². The summed E-state index contributed by atoms with van der Waals surface area (Å²) in [6, 6.07) is 20.0. The lowest BCUT2D eigenvalue weighted by molar-refractivity contribution is -0.132. The summed E-state index contributed by atoms with van der Waals surface area (Å²) in [5, 5.41) is 20.1. The van der Waals surface area contributed by atoms with Gasteiger partial charge in [0.15, 0.2) is 4.34 Å².